The van der Waals surface area contributed by atoms with E-state index in [-0.39, 0.29) is 11.5 Å². The molecule has 0 fully saturated rings. The molecule has 1 N–H and O–H groups in total. The number of carbonyl (C=O) groups is 1. The number of fused-ring (bicyclic) bond motifs is 3. The first-order valence-electron chi connectivity index (χ1n) is 9.58. The van der Waals surface area contributed by atoms with Crippen molar-refractivity contribution < 1.29 is 9.53 Å². The normalized spacial score (nSPS) is 12.3. The second-order valence-electron chi connectivity index (χ2n) is 6.99. The number of ether oxygens (including phenoxy) is 1. The fourth-order valence-electron chi connectivity index (χ4n) is 3.78. The maximum absolute atomic E-state index is 13.4. The molecular formula is C22H21ClN4O3. The van der Waals surface area contributed by atoms with Crippen LogP contribution in [-0.2, 0) is 4.79 Å². The molecule has 1 amide bonds. The van der Waals surface area contributed by atoms with Crippen LogP contribution in [0.2, 0.25) is 5.02 Å². The molecule has 0 saturated carbocycles. The molecule has 4 aromatic rings. The Hall–Kier alpha value is -3.32. The van der Waals surface area contributed by atoms with Gasteiger partial charge in [0.25, 0.3) is 5.56 Å². The van der Waals surface area contributed by atoms with Gasteiger partial charge in [-0.3, -0.25) is 14.3 Å². The standard InChI is InChI=1S/C22H21ClN4O3/c1-4-17(22(29)24-16-12-14(23)9-10-19(16)30-3)27-18-8-6-5-7-15(18)21-25-20(28)11-13(2)26(21)27/h5-12,17H,4H2,1-3H3,(H,24,29)/t17-/m0/s1. The number of nitrogens with zero attached hydrogens (tertiary/aromatic N) is 3. The number of amides is 1. The molecule has 2 aromatic heterocycles. The van der Waals surface area contributed by atoms with E-state index >= 15 is 0 Å². The van der Waals surface area contributed by atoms with E-state index in [0.717, 1.165) is 10.9 Å². The van der Waals surface area contributed by atoms with Crippen molar-refractivity contribution in [2.45, 2.75) is 26.3 Å². The number of rotatable bonds is 5. The largest absolute Gasteiger partial charge is 0.495 e. The van der Waals surface area contributed by atoms with Gasteiger partial charge in [-0.25, -0.2) is 4.52 Å². The molecule has 0 bridgehead atoms. The van der Waals surface area contributed by atoms with Crippen molar-refractivity contribution in [1.82, 2.24) is 14.2 Å². The van der Waals surface area contributed by atoms with Gasteiger partial charge in [-0.15, -0.1) is 0 Å². The summed E-state index contributed by atoms with van der Waals surface area (Å²) in [5, 5.41) is 4.24. The SMILES string of the molecule is CC[C@@H](C(=O)Nc1cc(Cl)ccc1OC)n1c2ccccc2c2nc(=O)cc(C)n21. The molecule has 0 unspecified atom stereocenters. The predicted molar refractivity (Wildman–Crippen MR) is 118 cm³/mol. The van der Waals surface area contributed by atoms with E-state index in [1.165, 1.54) is 13.2 Å². The first-order chi connectivity index (χ1) is 14.4. The van der Waals surface area contributed by atoms with E-state index in [9.17, 15) is 9.59 Å². The average molecular weight is 425 g/mol. The zero-order valence-electron chi connectivity index (χ0n) is 16.8. The van der Waals surface area contributed by atoms with Gasteiger partial charge >= 0.3 is 0 Å². The lowest BCUT2D eigenvalue weighted by atomic mass is 10.2. The lowest BCUT2D eigenvalue weighted by Gasteiger charge is -2.21. The quantitative estimate of drug-likeness (QED) is 0.520. The molecule has 4 rings (SSSR count). The summed E-state index contributed by atoms with van der Waals surface area (Å²) in [6, 6.07) is 13.6. The Morgan fingerprint density at radius 3 is 2.73 bits per heavy atom. The molecule has 0 radical (unpaired) electrons. The highest BCUT2D eigenvalue weighted by atomic mass is 35.5. The highest BCUT2D eigenvalue weighted by Crippen LogP contribution is 2.31. The molecular weight excluding hydrogens is 404 g/mol. The number of aryl methyl sites for hydroxylation is 1. The second-order valence-corrected chi connectivity index (χ2v) is 7.43. The van der Waals surface area contributed by atoms with Gasteiger partial charge < -0.3 is 10.1 Å². The fourth-order valence-corrected chi connectivity index (χ4v) is 3.95. The molecule has 0 spiro atoms. The summed E-state index contributed by atoms with van der Waals surface area (Å²) >= 11 is 6.11. The Morgan fingerprint density at radius 2 is 2.00 bits per heavy atom. The van der Waals surface area contributed by atoms with Gasteiger partial charge in [0, 0.05) is 22.2 Å². The van der Waals surface area contributed by atoms with Gasteiger partial charge in [0.05, 0.1) is 18.3 Å². The molecule has 0 aliphatic heterocycles. The number of hydrogen-bond acceptors (Lipinski definition) is 4. The summed E-state index contributed by atoms with van der Waals surface area (Å²) in [4.78, 5) is 29.6. The average Bonchev–Trinajstić information content (AvgIpc) is 3.04. The monoisotopic (exact) mass is 424 g/mol. The van der Waals surface area contributed by atoms with Crippen molar-refractivity contribution in [3.8, 4) is 5.75 Å². The zero-order chi connectivity index (χ0) is 21.4. The number of aromatic nitrogens is 3. The maximum Gasteiger partial charge on any atom is 0.273 e. The van der Waals surface area contributed by atoms with Crippen LogP contribution in [0.5, 0.6) is 5.75 Å². The second kappa shape index (κ2) is 7.84. The summed E-state index contributed by atoms with van der Waals surface area (Å²) in [7, 11) is 1.54. The van der Waals surface area contributed by atoms with Crippen LogP contribution in [0.3, 0.4) is 0 Å². The predicted octanol–water partition coefficient (Wildman–Crippen LogP) is 4.21. The minimum absolute atomic E-state index is 0.223. The number of halogens is 1. The number of methoxy groups -OCH3 is 1. The Bertz CT molecular complexity index is 1330. The van der Waals surface area contributed by atoms with Crippen LogP contribution in [0, 0.1) is 6.92 Å². The molecule has 0 aliphatic carbocycles. The van der Waals surface area contributed by atoms with Crippen LogP contribution in [0.25, 0.3) is 16.6 Å². The van der Waals surface area contributed by atoms with Crippen molar-refractivity contribution >= 4 is 39.7 Å². The molecule has 1 atom stereocenters. The van der Waals surface area contributed by atoms with Crippen molar-refractivity contribution in [3.63, 3.8) is 0 Å². The van der Waals surface area contributed by atoms with Gasteiger partial charge in [-0.2, -0.15) is 4.98 Å². The first kappa shape index (κ1) is 20.0. The third kappa shape index (κ3) is 3.31. The Morgan fingerprint density at radius 1 is 1.23 bits per heavy atom. The van der Waals surface area contributed by atoms with E-state index in [1.807, 2.05) is 47.3 Å². The van der Waals surface area contributed by atoms with Gasteiger partial charge in [0.15, 0.2) is 5.65 Å². The highest BCUT2D eigenvalue weighted by Gasteiger charge is 2.25. The summed E-state index contributed by atoms with van der Waals surface area (Å²) in [6.07, 6.45) is 0.522. The number of hydrogen-bond donors (Lipinski definition) is 1. The van der Waals surface area contributed by atoms with Gasteiger partial charge in [0.2, 0.25) is 5.91 Å². The molecule has 0 saturated heterocycles. The maximum atomic E-state index is 13.4. The first-order valence-corrected chi connectivity index (χ1v) is 9.96. The molecule has 7 nitrogen and oxygen atoms in total. The number of anilines is 1. The molecule has 2 heterocycles. The van der Waals surface area contributed by atoms with Crippen LogP contribution in [0.15, 0.2) is 53.3 Å². The number of para-hydroxylation sites is 1. The Kier molecular flexibility index (Phi) is 5.22. The summed E-state index contributed by atoms with van der Waals surface area (Å²) in [5.41, 5.74) is 2.24. The molecule has 8 heteroatoms. The minimum atomic E-state index is -0.556. The van der Waals surface area contributed by atoms with Crippen molar-refractivity contribution in [2.75, 3.05) is 12.4 Å². The Balaban J connectivity index is 1.88. The molecule has 0 aliphatic rings. The van der Waals surface area contributed by atoms with Crippen LogP contribution in [0.4, 0.5) is 5.69 Å². The summed E-state index contributed by atoms with van der Waals surface area (Å²) in [5.74, 6) is 0.296. The molecule has 30 heavy (non-hydrogen) atoms. The van der Waals surface area contributed by atoms with Gasteiger partial charge in [0.1, 0.15) is 11.8 Å². The number of nitrogens with one attached hydrogen (secondary N) is 1. The number of carbonyl (C=O) groups excluding carboxylic acids is 1. The lowest BCUT2D eigenvalue weighted by Crippen LogP contribution is -2.29. The van der Waals surface area contributed by atoms with Crippen molar-refractivity contribution in [1.29, 1.82) is 0 Å². The van der Waals surface area contributed by atoms with Crippen LogP contribution < -0.4 is 15.6 Å². The third-order valence-corrected chi connectivity index (χ3v) is 5.33. The van der Waals surface area contributed by atoms with Crippen LogP contribution >= 0.6 is 11.6 Å². The topological polar surface area (TPSA) is 77.6 Å². The van der Waals surface area contributed by atoms with Crippen LogP contribution in [-0.4, -0.2) is 27.2 Å². The number of benzene rings is 2. The third-order valence-electron chi connectivity index (χ3n) is 5.09. The van der Waals surface area contributed by atoms with Crippen LogP contribution in [0.1, 0.15) is 25.1 Å². The van der Waals surface area contributed by atoms with E-state index < -0.39 is 6.04 Å². The summed E-state index contributed by atoms with van der Waals surface area (Å²) in [6.45, 7) is 3.77. The molecule has 2 aromatic carbocycles. The van der Waals surface area contributed by atoms with Crippen molar-refractivity contribution in [2.24, 2.45) is 0 Å². The Labute approximate surface area is 177 Å². The van der Waals surface area contributed by atoms with E-state index in [0.29, 0.717) is 34.2 Å². The van der Waals surface area contributed by atoms with E-state index in [2.05, 4.69) is 10.3 Å². The summed E-state index contributed by atoms with van der Waals surface area (Å²) < 4.78 is 9.06. The molecule has 154 valence electrons. The minimum Gasteiger partial charge on any atom is -0.495 e. The lowest BCUT2D eigenvalue weighted by molar-refractivity contribution is -0.119. The van der Waals surface area contributed by atoms with E-state index in [4.69, 9.17) is 16.3 Å². The highest BCUT2D eigenvalue weighted by molar-refractivity contribution is 6.31. The fraction of sp³-hybridized carbons (Fsp3) is 0.227. The smallest absolute Gasteiger partial charge is 0.273 e. The van der Waals surface area contributed by atoms with Gasteiger partial charge in [-0.1, -0.05) is 30.7 Å². The van der Waals surface area contributed by atoms with Crippen molar-refractivity contribution in [3.05, 3.63) is 69.6 Å². The zero-order valence-corrected chi connectivity index (χ0v) is 17.6. The van der Waals surface area contributed by atoms with Gasteiger partial charge in [-0.05, 0) is 43.7 Å². The van der Waals surface area contributed by atoms with E-state index in [1.54, 1.807) is 18.2 Å².